The van der Waals surface area contributed by atoms with Crippen molar-refractivity contribution < 1.29 is 13.9 Å². The van der Waals surface area contributed by atoms with E-state index in [0.717, 1.165) is 11.8 Å². The molecular formula is C10H12F2OS. The van der Waals surface area contributed by atoms with E-state index in [9.17, 15) is 13.9 Å². The Bertz CT molecular complexity index is 345. The molecule has 4 heteroatoms. The average molecular weight is 218 g/mol. The van der Waals surface area contributed by atoms with Crippen LogP contribution in [0.15, 0.2) is 17.0 Å². The summed E-state index contributed by atoms with van der Waals surface area (Å²) < 4.78 is 26.7. The van der Waals surface area contributed by atoms with E-state index in [1.807, 2.05) is 0 Å². The monoisotopic (exact) mass is 218 g/mol. The quantitative estimate of drug-likeness (QED) is 0.770. The van der Waals surface area contributed by atoms with Crippen LogP contribution in [0.1, 0.15) is 19.4 Å². The maximum Gasteiger partial charge on any atom is 0.172 e. The molecule has 0 aliphatic rings. The third-order valence-electron chi connectivity index (χ3n) is 1.93. The molecule has 0 atom stereocenters. The average Bonchev–Trinajstić information content (AvgIpc) is 2.07. The number of aliphatic hydroxyl groups is 1. The number of hydrogen-bond donors (Lipinski definition) is 1. The lowest BCUT2D eigenvalue weighted by atomic mass is 9.98. The molecule has 1 aromatic carbocycles. The van der Waals surface area contributed by atoms with Crippen molar-refractivity contribution in [2.24, 2.45) is 0 Å². The van der Waals surface area contributed by atoms with Crippen LogP contribution >= 0.6 is 11.8 Å². The number of benzene rings is 1. The number of rotatable bonds is 2. The summed E-state index contributed by atoms with van der Waals surface area (Å²) in [6, 6.07) is 2.88. The van der Waals surface area contributed by atoms with Crippen LogP contribution in [0.4, 0.5) is 8.78 Å². The topological polar surface area (TPSA) is 20.2 Å². The molecule has 0 radical (unpaired) electrons. The standard InChI is InChI=1S/C10H12F2OS/c1-10(2,13)6-4-5-7(14-3)9(12)8(6)11/h4-5,13H,1-3H3. The molecule has 0 saturated heterocycles. The highest BCUT2D eigenvalue weighted by Crippen LogP contribution is 2.29. The van der Waals surface area contributed by atoms with Crippen LogP contribution in [0.25, 0.3) is 0 Å². The largest absolute Gasteiger partial charge is 0.386 e. The van der Waals surface area contributed by atoms with E-state index in [4.69, 9.17) is 0 Å². The van der Waals surface area contributed by atoms with Crippen molar-refractivity contribution >= 4 is 11.8 Å². The van der Waals surface area contributed by atoms with Gasteiger partial charge in [0.25, 0.3) is 0 Å². The highest BCUT2D eigenvalue weighted by molar-refractivity contribution is 7.98. The molecule has 78 valence electrons. The lowest BCUT2D eigenvalue weighted by Crippen LogP contribution is -2.18. The van der Waals surface area contributed by atoms with Crippen molar-refractivity contribution in [3.8, 4) is 0 Å². The number of hydrogen-bond acceptors (Lipinski definition) is 2. The van der Waals surface area contributed by atoms with Crippen LogP contribution in [-0.4, -0.2) is 11.4 Å². The summed E-state index contributed by atoms with van der Waals surface area (Å²) in [7, 11) is 0. The molecule has 1 rings (SSSR count). The smallest absolute Gasteiger partial charge is 0.172 e. The van der Waals surface area contributed by atoms with Crippen molar-refractivity contribution in [2.75, 3.05) is 6.26 Å². The fourth-order valence-corrected chi connectivity index (χ4v) is 1.63. The van der Waals surface area contributed by atoms with Gasteiger partial charge in [0.15, 0.2) is 11.6 Å². The van der Waals surface area contributed by atoms with Gasteiger partial charge in [0.05, 0.1) is 5.60 Å². The molecule has 1 N–H and O–H groups in total. The fraction of sp³-hybridized carbons (Fsp3) is 0.400. The van der Waals surface area contributed by atoms with Gasteiger partial charge < -0.3 is 5.11 Å². The molecule has 0 unspecified atom stereocenters. The summed E-state index contributed by atoms with van der Waals surface area (Å²) in [4.78, 5) is 0.246. The van der Waals surface area contributed by atoms with E-state index >= 15 is 0 Å². The van der Waals surface area contributed by atoms with E-state index in [1.165, 1.54) is 26.0 Å². The molecule has 0 heterocycles. The summed E-state index contributed by atoms with van der Waals surface area (Å²) in [6.07, 6.45) is 1.67. The van der Waals surface area contributed by atoms with Crippen LogP contribution < -0.4 is 0 Å². The highest BCUT2D eigenvalue weighted by atomic mass is 32.2. The first-order valence-electron chi connectivity index (χ1n) is 4.12. The predicted octanol–water partition coefficient (Wildman–Crippen LogP) is 2.91. The minimum atomic E-state index is -1.36. The maximum atomic E-state index is 13.4. The minimum absolute atomic E-state index is 0.0206. The second-order valence-corrected chi connectivity index (χ2v) is 4.35. The normalized spacial score (nSPS) is 11.9. The lowest BCUT2D eigenvalue weighted by molar-refractivity contribution is 0.0735. The van der Waals surface area contributed by atoms with Gasteiger partial charge in [-0.2, -0.15) is 0 Å². The van der Waals surface area contributed by atoms with Crippen molar-refractivity contribution in [2.45, 2.75) is 24.3 Å². The van der Waals surface area contributed by atoms with E-state index in [2.05, 4.69) is 0 Å². The molecule has 0 bridgehead atoms. The van der Waals surface area contributed by atoms with Crippen LogP contribution in [0.3, 0.4) is 0 Å². The van der Waals surface area contributed by atoms with E-state index < -0.39 is 17.2 Å². The molecule has 0 spiro atoms. The van der Waals surface area contributed by atoms with Crippen molar-refractivity contribution in [3.05, 3.63) is 29.3 Å². The molecule has 0 aliphatic heterocycles. The predicted molar refractivity (Wildman–Crippen MR) is 53.4 cm³/mol. The Kier molecular flexibility index (Phi) is 3.17. The maximum absolute atomic E-state index is 13.4. The first-order valence-corrected chi connectivity index (χ1v) is 5.35. The van der Waals surface area contributed by atoms with Gasteiger partial charge in [0.1, 0.15) is 0 Å². The molecule has 14 heavy (non-hydrogen) atoms. The van der Waals surface area contributed by atoms with E-state index in [1.54, 1.807) is 6.26 Å². The van der Waals surface area contributed by atoms with Crippen LogP contribution in [0.2, 0.25) is 0 Å². The van der Waals surface area contributed by atoms with Gasteiger partial charge in [-0.1, -0.05) is 6.07 Å². The molecule has 0 aromatic heterocycles. The van der Waals surface area contributed by atoms with Gasteiger partial charge in [-0.05, 0) is 26.2 Å². The van der Waals surface area contributed by atoms with Gasteiger partial charge in [-0.25, -0.2) is 8.78 Å². The third-order valence-corrected chi connectivity index (χ3v) is 2.68. The zero-order chi connectivity index (χ0) is 10.9. The fourth-order valence-electron chi connectivity index (χ4n) is 1.16. The highest BCUT2D eigenvalue weighted by Gasteiger charge is 2.24. The van der Waals surface area contributed by atoms with Crippen molar-refractivity contribution in [3.63, 3.8) is 0 Å². The molecule has 1 aromatic rings. The summed E-state index contributed by atoms with van der Waals surface area (Å²) in [5.74, 6) is -1.86. The zero-order valence-corrected chi connectivity index (χ0v) is 9.08. The van der Waals surface area contributed by atoms with Gasteiger partial charge in [-0.15, -0.1) is 11.8 Å². The Morgan fingerprint density at radius 3 is 2.21 bits per heavy atom. The second kappa shape index (κ2) is 3.87. The number of thioether (sulfide) groups is 1. The Balaban J connectivity index is 3.31. The van der Waals surface area contributed by atoms with Crippen LogP contribution in [0.5, 0.6) is 0 Å². The Morgan fingerprint density at radius 2 is 1.79 bits per heavy atom. The molecule has 0 fully saturated rings. The van der Waals surface area contributed by atoms with Crippen molar-refractivity contribution in [1.29, 1.82) is 0 Å². The first kappa shape index (κ1) is 11.5. The molecule has 1 nitrogen and oxygen atoms in total. The van der Waals surface area contributed by atoms with Crippen LogP contribution in [0, 0.1) is 11.6 Å². The van der Waals surface area contributed by atoms with Gasteiger partial charge in [0, 0.05) is 10.5 Å². The van der Waals surface area contributed by atoms with Crippen molar-refractivity contribution in [1.82, 2.24) is 0 Å². The number of halogens is 2. The summed E-state index contributed by atoms with van der Waals surface area (Å²) in [5, 5.41) is 9.54. The molecule has 0 saturated carbocycles. The minimum Gasteiger partial charge on any atom is -0.386 e. The van der Waals surface area contributed by atoms with Gasteiger partial charge >= 0.3 is 0 Å². The summed E-state index contributed by atoms with van der Waals surface area (Å²) in [5.41, 5.74) is -1.38. The lowest BCUT2D eigenvalue weighted by Gasteiger charge is -2.19. The summed E-state index contributed by atoms with van der Waals surface area (Å²) >= 11 is 1.13. The van der Waals surface area contributed by atoms with Crippen LogP contribution in [-0.2, 0) is 5.60 Å². The van der Waals surface area contributed by atoms with Gasteiger partial charge in [-0.3, -0.25) is 0 Å². The second-order valence-electron chi connectivity index (χ2n) is 3.50. The summed E-state index contributed by atoms with van der Waals surface area (Å²) in [6.45, 7) is 2.84. The first-order chi connectivity index (χ1) is 6.38. The van der Waals surface area contributed by atoms with E-state index in [0.29, 0.717) is 0 Å². The molecule has 0 aliphatic carbocycles. The Hall–Kier alpha value is -0.610. The Morgan fingerprint density at radius 1 is 1.21 bits per heavy atom. The third kappa shape index (κ3) is 2.07. The SMILES string of the molecule is CSc1ccc(C(C)(C)O)c(F)c1F. The zero-order valence-electron chi connectivity index (χ0n) is 8.27. The van der Waals surface area contributed by atoms with Gasteiger partial charge in [0.2, 0.25) is 0 Å². The molecular weight excluding hydrogens is 206 g/mol. The van der Waals surface area contributed by atoms with E-state index in [-0.39, 0.29) is 10.5 Å². The Labute approximate surface area is 86.1 Å². The molecule has 0 amide bonds.